The molecular formula is C17H12N6O. The van der Waals surface area contributed by atoms with Crippen molar-refractivity contribution in [1.82, 2.24) is 4.98 Å². The van der Waals surface area contributed by atoms with Gasteiger partial charge in [0.15, 0.2) is 11.4 Å². The number of anilines is 2. The van der Waals surface area contributed by atoms with Crippen molar-refractivity contribution in [2.24, 2.45) is 10.2 Å². The maximum Gasteiger partial charge on any atom is 0.439 e. The van der Waals surface area contributed by atoms with Crippen LogP contribution in [-0.4, -0.2) is 22.7 Å². The van der Waals surface area contributed by atoms with E-state index < -0.39 is 0 Å². The summed E-state index contributed by atoms with van der Waals surface area (Å²) in [6.07, 6.45) is 0. The zero-order valence-corrected chi connectivity index (χ0v) is 12.8. The predicted octanol–water partition coefficient (Wildman–Crippen LogP) is 4.06. The molecule has 0 saturated heterocycles. The predicted molar refractivity (Wildman–Crippen MR) is 90.3 cm³/mol. The number of pyridine rings is 1. The monoisotopic (exact) mass is 316 g/mol. The largest absolute Gasteiger partial charge is 0.497 e. The highest BCUT2D eigenvalue weighted by molar-refractivity contribution is 6.13. The fourth-order valence-electron chi connectivity index (χ4n) is 2.63. The lowest BCUT2D eigenvalue weighted by atomic mass is 10.1. The Labute approximate surface area is 137 Å². The van der Waals surface area contributed by atoms with Crippen LogP contribution in [0, 0.1) is 0 Å². The van der Waals surface area contributed by atoms with Crippen LogP contribution in [0.15, 0.2) is 58.8 Å². The Bertz CT molecular complexity index is 1020. The Morgan fingerprint density at radius 3 is 2.58 bits per heavy atom. The molecule has 0 radical (unpaired) electrons. The topological polar surface area (TPSA) is 95.3 Å². The number of fused-ring (bicyclic) bond motifs is 3. The van der Waals surface area contributed by atoms with Crippen molar-refractivity contribution in [1.29, 1.82) is 0 Å². The maximum absolute atomic E-state index is 9.21. The molecular weight excluding hydrogens is 304 g/mol. The summed E-state index contributed by atoms with van der Waals surface area (Å²) < 4.78 is 5.16. The minimum atomic E-state index is 0.138. The van der Waals surface area contributed by atoms with E-state index in [0.29, 0.717) is 17.1 Å². The molecule has 7 nitrogen and oxygen atoms in total. The molecule has 1 aliphatic rings. The van der Waals surface area contributed by atoms with E-state index in [-0.39, 0.29) is 5.84 Å². The first kappa shape index (κ1) is 14.0. The number of amidine groups is 1. The number of rotatable bonds is 3. The van der Waals surface area contributed by atoms with Crippen LogP contribution in [0.4, 0.5) is 17.2 Å². The summed E-state index contributed by atoms with van der Waals surface area (Å²) in [4.78, 5) is 7.85. The van der Waals surface area contributed by atoms with E-state index in [1.807, 2.05) is 48.5 Å². The molecule has 4 rings (SSSR count). The summed E-state index contributed by atoms with van der Waals surface area (Å²) in [5, 5.41) is 12.2. The molecule has 0 amide bonds. The number of azo groups is 1. The fraction of sp³-hybridized carbons (Fsp3) is 0.0588. The molecule has 3 aromatic rings. The smallest absolute Gasteiger partial charge is 0.439 e. The molecule has 2 aromatic carbocycles. The summed E-state index contributed by atoms with van der Waals surface area (Å²) in [6.45, 7) is 0. The van der Waals surface area contributed by atoms with Crippen LogP contribution in [0.25, 0.3) is 16.4 Å². The molecule has 7 heteroatoms. The normalized spacial score (nSPS) is 12.1. The van der Waals surface area contributed by atoms with E-state index in [9.17, 15) is 5.53 Å². The Kier molecular flexibility index (Phi) is 3.26. The van der Waals surface area contributed by atoms with Crippen LogP contribution in [0.5, 0.6) is 5.75 Å². The summed E-state index contributed by atoms with van der Waals surface area (Å²) in [5.41, 5.74) is 12.0. The number of nitrogens with one attached hydrogen (secondary N) is 1. The minimum absolute atomic E-state index is 0.138. The van der Waals surface area contributed by atoms with Gasteiger partial charge in [-0.05, 0) is 35.4 Å². The molecule has 24 heavy (non-hydrogen) atoms. The number of hydrogen-bond donors (Lipinski definition) is 1. The lowest BCUT2D eigenvalue weighted by molar-refractivity contribution is -0.00541. The van der Waals surface area contributed by atoms with Gasteiger partial charge in [0.05, 0.1) is 17.7 Å². The van der Waals surface area contributed by atoms with Crippen LogP contribution in [0.1, 0.15) is 5.56 Å². The highest BCUT2D eigenvalue weighted by Gasteiger charge is 2.32. The fourth-order valence-corrected chi connectivity index (χ4v) is 2.63. The van der Waals surface area contributed by atoms with Gasteiger partial charge < -0.3 is 20.4 Å². The molecule has 0 atom stereocenters. The molecule has 2 heterocycles. The van der Waals surface area contributed by atoms with Gasteiger partial charge in [0.25, 0.3) is 0 Å². The zero-order valence-electron chi connectivity index (χ0n) is 12.8. The maximum atomic E-state index is 9.21. The van der Waals surface area contributed by atoms with Gasteiger partial charge in [0.1, 0.15) is 11.4 Å². The van der Waals surface area contributed by atoms with Gasteiger partial charge in [-0.25, -0.2) is 4.98 Å². The average molecular weight is 316 g/mol. The van der Waals surface area contributed by atoms with Gasteiger partial charge >= 0.3 is 5.84 Å². The van der Waals surface area contributed by atoms with Crippen molar-refractivity contribution in [3.63, 3.8) is 0 Å². The first-order valence-corrected chi connectivity index (χ1v) is 7.28. The Balaban J connectivity index is 1.87. The van der Waals surface area contributed by atoms with Crippen LogP contribution >= 0.6 is 0 Å². The molecule has 0 unspecified atom stereocenters. The molecule has 0 saturated carbocycles. The van der Waals surface area contributed by atoms with Crippen molar-refractivity contribution in [3.8, 4) is 5.75 Å². The Morgan fingerprint density at radius 1 is 1.04 bits per heavy atom. The van der Waals surface area contributed by atoms with Crippen LogP contribution in [0.2, 0.25) is 0 Å². The van der Waals surface area contributed by atoms with Crippen LogP contribution in [0.3, 0.4) is 0 Å². The third kappa shape index (κ3) is 2.20. The van der Waals surface area contributed by atoms with Crippen LogP contribution in [-0.2, 0) is 0 Å². The third-order valence-corrected chi connectivity index (χ3v) is 3.78. The summed E-state index contributed by atoms with van der Waals surface area (Å²) >= 11 is 0. The van der Waals surface area contributed by atoms with E-state index in [2.05, 4.69) is 25.3 Å². The average Bonchev–Trinajstić information content (AvgIpc) is 3.07. The van der Waals surface area contributed by atoms with Crippen molar-refractivity contribution in [3.05, 3.63) is 59.6 Å². The molecule has 0 bridgehead atoms. The number of para-hydroxylation sites is 1. The number of nitrogens with zero attached hydrogens (tertiary/aromatic N) is 5. The Hall–Kier alpha value is -3.57. The number of methoxy groups -OCH3 is 1. The summed E-state index contributed by atoms with van der Waals surface area (Å²) in [7, 11) is 1.62. The van der Waals surface area contributed by atoms with Crippen molar-refractivity contribution in [2.75, 3.05) is 12.4 Å². The van der Waals surface area contributed by atoms with Gasteiger partial charge in [-0.15, -0.1) is 0 Å². The van der Waals surface area contributed by atoms with Crippen molar-refractivity contribution in [2.45, 2.75) is 0 Å². The molecule has 0 spiro atoms. The SMILES string of the molecule is COc1ccc(Nc2nc3ccccc3c3c2C(=[N+]=[N-])N=N3)cc1. The first-order chi connectivity index (χ1) is 11.8. The second-order valence-corrected chi connectivity index (χ2v) is 5.18. The van der Waals surface area contributed by atoms with Crippen molar-refractivity contribution >= 4 is 33.9 Å². The summed E-state index contributed by atoms with van der Waals surface area (Å²) in [5.74, 6) is 1.44. The first-order valence-electron chi connectivity index (χ1n) is 7.28. The quantitative estimate of drug-likeness (QED) is 0.583. The number of aromatic nitrogens is 1. The minimum Gasteiger partial charge on any atom is -0.497 e. The lowest BCUT2D eigenvalue weighted by Crippen LogP contribution is -2.04. The molecule has 1 aliphatic heterocycles. The van der Waals surface area contributed by atoms with E-state index in [4.69, 9.17) is 4.74 Å². The third-order valence-electron chi connectivity index (χ3n) is 3.78. The van der Waals surface area contributed by atoms with Gasteiger partial charge in [-0.1, -0.05) is 18.2 Å². The van der Waals surface area contributed by atoms with Crippen LogP contribution < -0.4 is 10.1 Å². The molecule has 1 N–H and O–H groups in total. The van der Waals surface area contributed by atoms with Gasteiger partial charge in [-0.3, -0.25) is 0 Å². The number of ether oxygens (including phenoxy) is 1. The van der Waals surface area contributed by atoms with E-state index in [1.54, 1.807) is 7.11 Å². The lowest BCUT2D eigenvalue weighted by Gasteiger charge is -2.10. The number of hydrogen-bond acceptors (Lipinski definition) is 4. The highest BCUT2D eigenvalue weighted by Crippen LogP contribution is 2.38. The second-order valence-electron chi connectivity index (χ2n) is 5.18. The van der Waals surface area contributed by atoms with Crippen molar-refractivity contribution < 1.29 is 9.53 Å². The van der Waals surface area contributed by atoms with E-state index in [1.165, 1.54) is 0 Å². The van der Waals surface area contributed by atoms with E-state index in [0.717, 1.165) is 22.3 Å². The van der Waals surface area contributed by atoms with E-state index >= 15 is 0 Å². The highest BCUT2D eigenvalue weighted by atomic mass is 16.5. The second kappa shape index (κ2) is 5.57. The molecule has 0 fully saturated rings. The zero-order chi connectivity index (χ0) is 16.5. The standard InChI is InChI=1S/C17H12N6O/c1-24-11-8-6-10(7-9-11)19-16-14-15(22-23-17(14)21-18)12-4-2-3-5-13(12)20-16/h2-9H,1H3,(H,19,20). The van der Waals surface area contributed by atoms with Gasteiger partial charge in [0.2, 0.25) is 0 Å². The molecule has 116 valence electrons. The molecule has 0 aliphatic carbocycles. The Morgan fingerprint density at radius 2 is 1.83 bits per heavy atom. The number of benzene rings is 2. The molecule has 1 aromatic heterocycles. The van der Waals surface area contributed by atoms with Gasteiger partial charge in [0, 0.05) is 11.1 Å². The van der Waals surface area contributed by atoms with Gasteiger partial charge in [-0.2, -0.15) is 0 Å². The summed E-state index contributed by atoms with van der Waals surface area (Å²) in [6, 6.07) is 15.1.